The Morgan fingerprint density at radius 2 is 1.96 bits per heavy atom. The smallest absolute Gasteiger partial charge is 0.292 e. The van der Waals surface area contributed by atoms with Crippen LogP contribution in [0.25, 0.3) is 0 Å². The molecular formula is C18H26N2O3. The molecule has 0 N–H and O–H groups in total. The Morgan fingerprint density at radius 3 is 2.39 bits per heavy atom. The first-order valence-corrected chi connectivity index (χ1v) is 7.74. The van der Waals surface area contributed by atoms with Crippen molar-refractivity contribution in [3.05, 3.63) is 41.9 Å². The number of rotatable bonds is 5. The van der Waals surface area contributed by atoms with Crippen LogP contribution in [0.4, 0.5) is 0 Å². The lowest BCUT2D eigenvalue weighted by Gasteiger charge is -2.28. The lowest BCUT2D eigenvalue weighted by molar-refractivity contribution is -0.126. The third kappa shape index (κ3) is 4.91. The van der Waals surface area contributed by atoms with Crippen molar-refractivity contribution in [2.75, 3.05) is 21.2 Å². The second-order valence-corrected chi connectivity index (χ2v) is 5.97. The van der Waals surface area contributed by atoms with Gasteiger partial charge in [-0.3, -0.25) is 14.6 Å². The number of carbonyl (C=O) groups is 2. The number of Topliss-reactive ketones (excluding diaryl/α,β-unsaturated/α-hetero) is 1. The summed E-state index contributed by atoms with van der Waals surface area (Å²) in [6.07, 6.45) is 9.65. The second kappa shape index (κ2) is 9.08. The maximum atomic E-state index is 12.9. The van der Waals surface area contributed by atoms with Gasteiger partial charge in [0.05, 0.1) is 12.5 Å². The first-order chi connectivity index (χ1) is 11.0. The molecule has 5 nitrogen and oxygen atoms in total. The number of allylic oxidation sites excluding steroid dienone is 1. The summed E-state index contributed by atoms with van der Waals surface area (Å²) in [7, 11) is 5.21. The van der Waals surface area contributed by atoms with Crippen molar-refractivity contribution < 1.29 is 14.3 Å². The molecule has 1 aromatic heterocycles. The first-order valence-electron chi connectivity index (χ1n) is 7.74. The van der Waals surface area contributed by atoms with Crippen molar-refractivity contribution in [3.8, 4) is 0 Å². The van der Waals surface area contributed by atoms with Crippen LogP contribution in [0.1, 0.15) is 38.2 Å². The highest BCUT2D eigenvalue weighted by Crippen LogP contribution is 2.43. The summed E-state index contributed by atoms with van der Waals surface area (Å²) in [5, 5.41) is 0. The van der Waals surface area contributed by atoms with E-state index < -0.39 is 0 Å². The van der Waals surface area contributed by atoms with Crippen molar-refractivity contribution in [3.63, 3.8) is 0 Å². The van der Waals surface area contributed by atoms with E-state index in [1.54, 1.807) is 6.20 Å². The van der Waals surface area contributed by atoms with Gasteiger partial charge in [-0.25, -0.2) is 0 Å². The fourth-order valence-electron chi connectivity index (χ4n) is 3.09. The maximum Gasteiger partial charge on any atom is 0.292 e. The Hall–Kier alpha value is -2.17. The van der Waals surface area contributed by atoms with E-state index in [1.165, 1.54) is 7.11 Å². The number of pyridine rings is 1. The number of hydrogen-bond donors (Lipinski definition) is 0. The summed E-state index contributed by atoms with van der Waals surface area (Å²) in [4.78, 5) is 28.0. The van der Waals surface area contributed by atoms with Crippen LogP contribution in [-0.2, 0) is 19.7 Å². The zero-order chi connectivity index (χ0) is 17.3. The molecule has 1 saturated carbocycles. The minimum absolute atomic E-state index is 0.256. The third-order valence-corrected chi connectivity index (χ3v) is 4.01. The van der Waals surface area contributed by atoms with Gasteiger partial charge in [-0.2, -0.15) is 0 Å². The molecule has 0 saturated heterocycles. The molecular weight excluding hydrogens is 292 g/mol. The average Bonchev–Trinajstić information content (AvgIpc) is 3.05. The van der Waals surface area contributed by atoms with E-state index in [9.17, 15) is 4.79 Å². The predicted molar refractivity (Wildman–Crippen MR) is 89.9 cm³/mol. The van der Waals surface area contributed by atoms with Gasteiger partial charge in [0.2, 0.25) is 0 Å². The number of nitrogens with zero attached hydrogens (tertiary/aromatic N) is 2. The Labute approximate surface area is 138 Å². The molecule has 0 unspecified atom stereocenters. The molecule has 0 aliphatic heterocycles. The summed E-state index contributed by atoms with van der Waals surface area (Å²) < 4.78 is 3.86. The summed E-state index contributed by atoms with van der Waals surface area (Å²) in [6.45, 7) is 2.29. The van der Waals surface area contributed by atoms with E-state index in [2.05, 4.69) is 9.72 Å². The lowest BCUT2D eigenvalue weighted by Crippen LogP contribution is -2.34. The van der Waals surface area contributed by atoms with Crippen LogP contribution in [0.2, 0.25) is 0 Å². The monoisotopic (exact) mass is 318 g/mol. The van der Waals surface area contributed by atoms with Crippen molar-refractivity contribution in [1.29, 1.82) is 0 Å². The highest BCUT2D eigenvalue weighted by Gasteiger charge is 2.42. The topological polar surface area (TPSA) is 59.5 Å². The average molecular weight is 318 g/mol. The first kappa shape index (κ1) is 18.9. The molecule has 0 spiro atoms. The van der Waals surface area contributed by atoms with Gasteiger partial charge in [-0.05, 0) is 31.4 Å². The largest absolute Gasteiger partial charge is 0.471 e. The highest BCUT2D eigenvalue weighted by atomic mass is 16.5. The maximum absolute atomic E-state index is 12.9. The normalized spacial score (nSPS) is 16.1. The van der Waals surface area contributed by atoms with E-state index in [0.29, 0.717) is 6.47 Å². The van der Waals surface area contributed by atoms with Gasteiger partial charge in [-0.15, -0.1) is 0 Å². The fourth-order valence-corrected chi connectivity index (χ4v) is 3.09. The SMILES string of the molecule is C/C(=C\N(C)C)C(=O)C1(c2cccnc2)CCCC1.COC=O. The van der Waals surface area contributed by atoms with Crippen LogP contribution in [0, 0.1) is 0 Å². The van der Waals surface area contributed by atoms with Crippen molar-refractivity contribution >= 4 is 12.3 Å². The van der Waals surface area contributed by atoms with Gasteiger partial charge in [-0.1, -0.05) is 18.9 Å². The molecule has 1 aliphatic rings. The number of ketones is 1. The Bertz CT molecular complexity index is 532. The summed E-state index contributed by atoms with van der Waals surface area (Å²) in [5.74, 6) is 0.256. The Balaban J connectivity index is 0.000000593. The van der Waals surface area contributed by atoms with E-state index >= 15 is 0 Å². The Kier molecular flexibility index (Phi) is 7.45. The lowest BCUT2D eigenvalue weighted by atomic mass is 9.74. The zero-order valence-corrected chi connectivity index (χ0v) is 14.4. The molecule has 126 valence electrons. The molecule has 5 heteroatoms. The molecule has 0 aromatic carbocycles. The van der Waals surface area contributed by atoms with Gasteiger partial charge in [0.1, 0.15) is 0 Å². The van der Waals surface area contributed by atoms with Gasteiger partial charge in [0.15, 0.2) is 5.78 Å². The van der Waals surface area contributed by atoms with Crippen molar-refractivity contribution in [2.45, 2.75) is 38.0 Å². The standard InChI is InChI=1S/C16H22N2O.C2H4O2/c1-13(12-18(2)3)15(19)16(8-4-5-9-16)14-7-6-10-17-11-14;1-4-2-3/h6-7,10-12H,4-5,8-9H2,1-3H3;2H,1H3/b13-12+;. The number of aromatic nitrogens is 1. The van der Waals surface area contributed by atoms with Gasteiger partial charge in [0, 0.05) is 38.3 Å². The van der Waals surface area contributed by atoms with Crippen LogP contribution in [-0.4, -0.2) is 43.3 Å². The zero-order valence-electron chi connectivity index (χ0n) is 14.4. The van der Waals surface area contributed by atoms with Crippen LogP contribution in [0.3, 0.4) is 0 Å². The van der Waals surface area contributed by atoms with Crippen LogP contribution in [0.15, 0.2) is 36.3 Å². The molecule has 0 atom stereocenters. The molecule has 2 rings (SSSR count). The summed E-state index contributed by atoms with van der Waals surface area (Å²) in [5.41, 5.74) is 1.56. The highest BCUT2D eigenvalue weighted by molar-refractivity contribution is 6.03. The van der Waals surface area contributed by atoms with Crippen molar-refractivity contribution in [1.82, 2.24) is 9.88 Å². The van der Waals surface area contributed by atoms with E-state index in [1.807, 2.05) is 50.4 Å². The van der Waals surface area contributed by atoms with Crippen LogP contribution in [0.5, 0.6) is 0 Å². The number of ether oxygens (including phenoxy) is 1. The predicted octanol–water partition coefficient (Wildman–Crippen LogP) is 2.72. The van der Waals surface area contributed by atoms with Crippen LogP contribution >= 0.6 is 0 Å². The van der Waals surface area contributed by atoms with Gasteiger partial charge in [0.25, 0.3) is 6.47 Å². The van der Waals surface area contributed by atoms with Crippen LogP contribution < -0.4 is 0 Å². The molecule has 1 aliphatic carbocycles. The van der Waals surface area contributed by atoms with Gasteiger partial charge >= 0.3 is 0 Å². The van der Waals surface area contributed by atoms with Gasteiger partial charge < -0.3 is 9.64 Å². The number of methoxy groups -OCH3 is 1. The van der Waals surface area contributed by atoms with E-state index in [0.717, 1.165) is 36.8 Å². The molecule has 1 aromatic rings. The minimum Gasteiger partial charge on any atom is -0.471 e. The summed E-state index contributed by atoms with van der Waals surface area (Å²) in [6, 6.07) is 3.97. The molecule has 1 heterocycles. The Morgan fingerprint density at radius 1 is 1.35 bits per heavy atom. The number of carbonyl (C=O) groups excluding carboxylic acids is 2. The van der Waals surface area contributed by atoms with Crippen molar-refractivity contribution in [2.24, 2.45) is 0 Å². The molecule has 0 radical (unpaired) electrons. The molecule has 0 amide bonds. The quantitative estimate of drug-likeness (QED) is 0.617. The van der Waals surface area contributed by atoms with E-state index in [-0.39, 0.29) is 11.2 Å². The minimum atomic E-state index is -0.342. The fraction of sp³-hybridized carbons (Fsp3) is 0.500. The molecule has 0 bridgehead atoms. The number of hydrogen-bond acceptors (Lipinski definition) is 5. The third-order valence-electron chi connectivity index (χ3n) is 4.01. The second-order valence-electron chi connectivity index (χ2n) is 5.97. The molecule has 23 heavy (non-hydrogen) atoms. The molecule has 1 fully saturated rings. The summed E-state index contributed by atoms with van der Waals surface area (Å²) >= 11 is 0. The van der Waals surface area contributed by atoms with E-state index in [4.69, 9.17) is 4.79 Å².